The molecule has 2 aromatic carbocycles. The maximum absolute atomic E-state index is 12.7. The van der Waals surface area contributed by atoms with E-state index in [9.17, 15) is 13.5 Å². The second kappa shape index (κ2) is 9.25. The normalized spacial score (nSPS) is 15.2. The zero-order chi connectivity index (χ0) is 21.7. The smallest absolute Gasteiger partial charge is 0.243 e. The number of hydrogen-bond donors (Lipinski definition) is 3. The Bertz CT molecular complexity index is 1160. The molecule has 0 unspecified atom stereocenters. The largest absolute Gasteiger partial charge is 0.508 e. The van der Waals surface area contributed by atoms with Gasteiger partial charge in [0.15, 0.2) is 0 Å². The monoisotopic (exact) mass is 437 g/mol. The van der Waals surface area contributed by atoms with Crippen LogP contribution < -0.4 is 10.6 Å². The highest BCUT2D eigenvalue weighted by molar-refractivity contribution is 7.89. The lowest BCUT2D eigenvalue weighted by Gasteiger charge is -2.26. The van der Waals surface area contributed by atoms with Crippen LogP contribution in [0.1, 0.15) is 11.1 Å². The number of sulfonamides is 1. The van der Waals surface area contributed by atoms with E-state index in [-0.39, 0.29) is 10.6 Å². The van der Waals surface area contributed by atoms with Crippen LogP contribution in [0.4, 0.5) is 11.6 Å². The lowest BCUT2D eigenvalue weighted by molar-refractivity contribution is 0.360. The van der Waals surface area contributed by atoms with Crippen molar-refractivity contribution in [3.63, 3.8) is 0 Å². The Labute approximate surface area is 181 Å². The number of aromatic nitrogens is 2. The number of phenols is 1. The van der Waals surface area contributed by atoms with E-state index < -0.39 is 10.0 Å². The number of nitrogens with zero attached hydrogens (tertiary/aromatic N) is 3. The molecule has 160 valence electrons. The lowest BCUT2D eigenvalue weighted by atomic mass is 10.2. The number of phenolic OH excluding ortho intramolecular Hbond substituents is 1. The minimum absolute atomic E-state index is 0.213. The van der Waals surface area contributed by atoms with Gasteiger partial charge in [-0.1, -0.05) is 24.3 Å². The van der Waals surface area contributed by atoms with Crippen molar-refractivity contribution in [3.05, 3.63) is 72.1 Å². The molecule has 0 saturated carbocycles. The van der Waals surface area contributed by atoms with Crippen LogP contribution in [0.5, 0.6) is 5.75 Å². The molecule has 0 aliphatic carbocycles. The predicted octanol–water partition coefficient (Wildman–Crippen LogP) is 2.69. The number of piperazine rings is 1. The van der Waals surface area contributed by atoms with E-state index in [1.165, 1.54) is 4.31 Å². The molecule has 0 spiro atoms. The molecule has 8 nitrogen and oxygen atoms in total. The van der Waals surface area contributed by atoms with Crippen LogP contribution in [0.3, 0.4) is 0 Å². The van der Waals surface area contributed by atoms with Crippen molar-refractivity contribution in [2.45, 2.75) is 4.90 Å². The highest BCUT2D eigenvalue weighted by Gasteiger charge is 2.25. The SMILES string of the molecule is O=S(=O)(c1ccc(Nc2ncc(C=Cc3cccc(O)c3)cn2)cc1)N1CCNCC1. The fraction of sp³-hybridized carbons (Fsp3) is 0.182. The van der Waals surface area contributed by atoms with Crippen LogP contribution in [-0.4, -0.2) is 54.0 Å². The number of hydrogen-bond acceptors (Lipinski definition) is 7. The molecule has 1 aliphatic heterocycles. The first-order valence-electron chi connectivity index (χ1n) is 9.88. The van der Waals surface area contributed by atoms with Crippen molar-refractivity contribution >= 4 is 33.8 Å². The molecule has 31 heavy (non-hydrogen) atoms. The van der Waals surface area contributed by atoms with Crippen LogP contribution in [0.25, 0.3) is 12.2 Å². The molecule has 3 N–H and O–H groups in total. The first-order valence-corrected chi connectivity index (χ1v) is 11.3. The Balaban J connectivity index is 1.40. The highest BCUT2D eigenvalue weighted by Crippen LogP contribution is 2.20. The van der Waals surface area contributed by atoms with Crippen molar-refractivity contribution < 1.29 is 13.5 Å². The molecule has 3 aromatic rings. The first-order chi connectivity index (χ1) is 15.0. The van der Waals surface area contributed by atoms with Crippen molar-refractivity contribution in [2.75, 3.05) is 31.5 Å². The molecule has 2 heterocycles. The van der Waals surface area contributed by atoms with Crippen molar-refractivity contribution in [3.8, 4) is 5.75 Å². The van der Waals surface area contributed by atoms with Gasteiger partial charge in [-0.2, -0.15) is 4.31 Å². The molecule has 4 rings (SSSR count). The van der Waals surface area contributed by atoms with Crippen molar-refractivity contribution in [2.24, 2.45) is 0 Å². The zero-order valence-electron chi connectivity index (χ0n) is 16.8. The molecule has 1 aromatic heterocycles. The third-order valence-corrected chi connectivity index (χ3v) is 6.75. The Morgan fingerprint density at radius 3 is 2.32 bits per heavy atom. The average molecular weight is 438 g/mol. The van der Waals surface area contributed by atoms with E-state index in [2.05, 4.69) is 20.6 Å². The van der Waals surface area contributed by atoms with Crippen molar-refractivity contribution in [1.29, 1.82) is 0 Å². The Morgan fingerprint density at radius 1 is 0.968 bits per heavy atom. The summed E-state index contributed by atoms with van der Waals surface area (Å²) in [5.41, 5.74) is 2.38. The molecule has 1 fully saturated rings. The number of nitrogens with one attached hydrogen (secondary N) is 2. The summed E-state index contributed by atoms with van der Waals surface area (Å²) in [5, 5.41) is 15.7. The maximum atomic E-state index is 12.7. The molecule has 0 radical (unpaired) electrons. The van der Waals surface area contributed by atoms with Crippen LogP contribution in [0.15, 0.2) is 65.8 Å². The number of anilines is 2. The topological polar surface area (TPSA) is 107 Å². The van der Waals surface area contributed by atoms with Gasteiger partial charge in [-0.25, -0.2) is 18.4 Å². The maximum Gasteiger partial charge on any atom is 0.243 e. The Morgan fingerprint density at radius 2 is 1.65 bits per heavy atom. The average Bonchev–Trinajstić information content (AvgIpc) is 2.80. The summed E-state index contributed by atoms with van der Waals surface area (Å²) in [6.07, 6.45) is 7.08. The van der Waals surface area contributed by atoms with Gasteiger partial charge in [-0.05, 0) is 42.0 Å². The standard InChI is InChI=1S/C22H23N5O3S/c28-20-3-1-2-17(14-20)4-5-18-15-24-22(25-16-18)26-19-6-8-21(9-7-19)31(29,30)27-12-10-23-11-13-27/h1-9,14-16,23,28H,10-13H2,(H,24,25,26). The third kappa shape index (κ3) is 5.26. The minimum Gasteiger partial charge on any atom is -0.508 e. The number of rotatable bonds is 6. The van der Waals surface area contributed by atoms with E-state index in [1.807, 2.05) is 18.2 Å². The van der Waals surface area contributed by atoms with Gasteiger partial charge in [-0.3, -0.25) is 0 Å². The Kier molecular flexibility index (Phi) is 6.26. The van der Waals surface area contributed by atoms with Crippen LogP contribution in [0.2, 0.25) is 0 Å². The van der Waals surface area contributed by atoms with E-state index >= 15 is 0 Å². The first kappa shape index (κ1) is 21.0. The summed E-state index contributed by atoms with van der Waals surface area (Å²) in [6.45, 7) is 2.27. The quantitative estimate of drug-likeness (QED) is 0.544. The van der Waals surface area contributed by atoms with E-state index in [0.717, 1.165) is 11.1 Å². The van der Waals surface area contributed by atoms with E-state index in [1.54, 1.807) is 54.9 Å². The fourth-order valence-corrected chi connectivity index (χ4v) is 4.62. The second-order valence-electron chi connectivity index (χ2n) is 7.07. The Hall–Kier alpha value is -3.27. The molecule has 1 saturated heterocycles. The zero-order valence-corrected chi connectivity index (χ0v) is 17.6. The molecule has 9 heteroatoms. The number of benzene rings is 2. The minimum atomic E-state index is -3.48. The summed E-state index contributed by atoms with van der Waals surface area (Å²) in [4.78, 5) is 8.86. The van der Waals surface area contributed by atoms with Gasteiger partial charge in [0.2, 0.25) is 16.0 Å². The van der Waals surface area contributed by atoms with Gasteiger partial charge < -0.3 is 15.7 Å². The van der Waals surface area contributed by atoms with Gasteiger partial charge in [0.05, 0.1) is 4.90 Å². The molecule has 0 atom stereocenters. The van der Waals surface area contributed by atoms with Gasteiger partial charge in [-0.15, -0.1) is 0 Å². The summed E-state index contributed by atoms with van der Waals surface area (Å²) in [5.74, 6) is 0.622. The lowest BCUT2D eigenvalue weighted by Crippen LogP contribution is -2.46. The second-order valence-corrected chi connectivity index (χ2v) is 9.01. The van der Waals surface area contributed by atoms with Crippen LogP contribution in [0, 0.1) is 0 Å². The summed E-state index contributed by atoms with van der Waals surface area (Å²) in [6, 6.07) is 13.5. The summed E-state index contributed by atoms with van der Waals surface area (Å²) < 4.78 is 26.9. The fourth-order valence-electron chi connectivity index (χ4n) is 3.18. The van der Waals surface area contributed by atoms with Gasteiger partial charge >= 0.3 is 0 Å². The van der Waals surface area contributed by atoms with E-state index in [4.69, 9.17) is 0 Å². The van der Waals surface area contributed by atoms with Gasteiger partial charge in [0.1, 0.15) is 5.75 Å². The number of aromatic hydroxyl groups is 1. The van der Waals surface area contributed by atoms with Crippen LogP contribution >= 0.6 is 0 Å². The van der Waals surface area contributed by atoms with Crippen LogP contribution in [-0.2, 0) is 10.0 Å². The molecular weight excluding hydrogens is 414 g/mol. The van der Waals surface area contributed by atoms with Gasteiger partial charge in [0, 0.05) is 49.8 Å². The van der Waals surface area contributed by atoms with Crippen molar-refractivity contribution in [1.82, 2.24) is 19.6 Å². The third-order valence-electron chi connectivity index (χ3n) is 4.83. The highest BCUT2D eigenvalue weighted by atomic mass is 32.2. The summed E-state index contributed by atoms with van der Waals surface area (Å²) >= 11 is 0. The molecule has 0 amide bonds. The predicted molar refractivity (Wildman–Crippen MR) is 120 cm³/mol. The molecule has 0 bridgehead atoms. The van der Waals surface area contributed by atoms with E-state index in [0.29, 0.717) is 37.8 Å². The molecular formula is C22H23N5O3S. The molecule has 1 aliphatic rings. The van der Waals surface area contributed by atoms with Gasteiger partial charge in [0.25, 0.3) is 0 Å². The summed E-state index contributed by atoms with van der Waals surface area (Å²) in [7, 11) is -3.48.